The third-order valence-corrected chi connectivity index (χ3v) is 5.73. The molecular weight excluding hydrogens is 466 g/mol. The first-order valence-corrected chi connectivity index (χ1v) is 10.6. The Labute approximate surface area is 174 Å². The number of carbonyl (C=O) groups is 1. The van der Waals surface area contributed by atoms with E-state index in [9.17, 15) is 18.3 Å². The number of aliphatic hydroxyl groups excluding tert-OH is 1. The van der Waals surface area contributed by atoms with E-state index in [1.165, 1.54) is 12.1 Å². The number of hydrogen-bond donors (Lipinski definition) is 2. The topological polar surface area (TPSA) is 132 Å². The van der Waals surface area contributed by atoms with Crippen molar-refractivity contribution in [2.75, 3.05) is 6.61 Å². The van der Waals surface area contributed by atoms with Gasteiger partial charge in [0.05, 0.1) is 11.5 Å². The third-order valence-electron chi connectivity index (χ3n) is 3.71. The second kappa shape index (κ2) is 9.27. The van der Waals surface area contributed by atoms with Crippen LogP contribution < -0.4 is 4.72 Å². The summed E-state index contributed by atoms with van der Waals surface area (Å²) in [5.41, 5.74) is 0.702. The van der Waals surface area contributed by atoms with E-state index in [2.05, 4.69) is 30.8 Å². The van der Waals surface area contributed by atoms with E-state index < -0.39 is 28.6 Å². The molecule has 29 heavy (non-hydrogen) atoms. The van der Waals surface area contributed by atoms with Crippen molar-refractivity contribution in [2.24, 2.45) is 0 Å². The normalized spacial score (nSPS) is 12.5. The van der Waals surface area contributed by atoms with Gasteiger partial charge in [-0.3, -0.25) is 4.79 Å². The van der Waals surface area contributed by atoms with Crippen LogP contribution in [0.5, 0.6) is 0 Å². The molecule has 0 aliphatic heterocycles. The van der Waals surface area contributed by atoms with E-state index in [4.69, 9.17) is 9.15 Å². The van der Waals surface area contributed by atoms with Crippen molar-refractivity contribution in [3.05, 3.63) is 65.0 Å². The summed E-state index contributed by atoms with van der Waals surface area (Å²) in [6.45, 7) is -1.15. The highest BCUT2D eigenvalue weighted by atomic mass is 79.9. The molecular formula is C18H16BrN3O6S. The van der Waals surface area contributed by atoms with Gasteiger partial charge in [-0.15, -0.1) is 10.2 Å². The maximum absolute atomic E-state index is 12.4. The van der Waals surface area contributed by atoms with E-state index >= 15 is 0 Å². The van der Waals surface area contributed by atoms with E-state index in [0.717, 1.165) is 0 Å². The minimum absolute atomic E-state index is 0.0321. The molecule has 152 valence electrons. The molecule has 0 aliphatic carbocycles. The Morgan fingerprint density at radius 3 is 2.48 bits per heavy atom. The van der Waals surface area contributed by atoms with Crippen molar-refractivity contribution in [3.63, 3.8) is 0 Å². The molecule has 9 nitrogen and oxygen atoms in total. The maximum Gasteiger partial charge on any atom is 0.327 e. The van der Waals surface area contributed by atoms with Crippen LogP contribution >= 0.6 is 15.9 Å². The molecule has 0 amide bonds. The van der Waals surface area contributed by atoms with Gasteiger partial charge in [-0.25, -0.2) is 8.42 Å². The Kier molecular flexibility index (Phi) is 6.75. The van der Waals surface area contributed by atoms with Crippen molar-refractivity contribution >= 4 is 31.9 Å². The molecule has 3 rings (SSSR count). The fourth-order valence-electron chi connectivity index (χ4n) is 2.27. The Hall–Kier alpha value is -2.60. The van der Waals surface area contributed by atoms with Gasteiger partial charge in [0, 0.05) is 10.0 Å². The standard InChI is InChI=1S/C18H16BrN3O6S/c19-13-6-8-14(9-7-13)29(25,26)22-15(10-23)18(24)27-11-16-20-21-17(28-16)12-4-2-1-3-5-12/h1-9,15,22-23H,10-11H2. The zero-order chi connectivity index (χ0) is 20.9. The maximum atomic E-state index is 12.4. The smallest absolute Gasteiger partial charge is 0.327 e. The summed E-state index contributed by atoms with van der Waals surface area (Å²) in [5, 5.41) is 17.1. The predicted molar refractivity (Wildman–Crippen MR) is 105 cm³/mol. The quantitative estimate of drug-likeness (QED) is 0.466. The number of aromatic nitrogens is 2. The first-order valence-electron chi connectivity index (χ1n) is 8.32. The molecule has 1 heterocycles. The number of hydrogen-bond acceptors (Lipinski definition) is 8. The molecule has 0 fully saturated rings. The van der Waals surface area contributed by atoms with E-state index in [1.54, 1.807) is 24.3 Å². The lowest BCUT2D eigenvalue weighted by Crippen LogP contribution is -2.44. The Morgan fingerprint density at radius 1 is 1.14 bits per heavy atom. The van der Waals surface area contributed by atoms with E-state index in [1.807, 2.05) is 18.2 Å². The SMILES string of the molecule is O=C(OCc1nnc(-c2ccccc2)o1)C(CO)NS(=O)(=O)c1ccc(Br)cc1. The Bertz CT molecular complexity index is 1070. The van der Waals surface area contributed by atoms with Gasteiger partial charge in [0.25, 0.3) is 5.89 Å². The van der Waals surface area contributed by atoms with E-state index in [0.29, 0.717) is 10.0 Å². The minimum atomic E-state index is -4.03. The van der Waals surface area contributed by atoms with Crippen LogP contribution in [0.1, 0.15) is 5.89 Å². The number of aliphatic hydroxyl groups is 1. The van der Waals surface area contributed by atoms with Crippen LogP contribution in [0.15, 0.2) is 68.4 Å². The molecule has 0 bridgehead atoms. The fourth-order valence-corrected chi connectivity index (χ4v) is 3.71. The van der Waals surface area contributed by atoms with Gasteiger partial charge in [0.1, 0.15) is 6.04 Å². The number of benzene rings is 2. The number of nitrogens with one attached hydrogen (secondary N) is 1. The van der Waals surface area contributed by atoms with Crippen molar-refractivity contribution in [3.8, 4) is 11.5 Å². The molecule has 1 unspecified atom stereocenters. The van der Waals surface area contributed by atoms with Crippen molar-refractivity contribution in [1.29, 1.82) is 0 Å². The summed E-state index contributed by atoms with van der Waals surface area (Å²) in [6.07, 6.45) is 0. The molecule has 0 aliphatic rings. The molecule has 0 saturated heterocycles. The first-order chi connectivity index (χ1) is 13.9. The number of rotatable bonds is 8. The van der Waals surface area contributed by atoms with Gasteiger partial charge in [-0.05, 0) is 36.4 Å². The summed E-state index contributed by atoms with van der Waals surface area (Å²) >= 11 is 3.21. The van der Waals surface area contributed by atoms with Crippen molar-refractivity contribution < 1.29 is 27.5 Å². The minimum Gasteiger partial charge on any atom is -0.454 e. The highest BCUT2D eigenvalue weighted by molar-refractivity contribution is 9.10. The Morgan fingerprint density at radius 2 is 1.83 bits per heavy atom. The van der Waals surface area contributed by atoms with Crippen LogP contribution in [0.3, 0.4) is 0 Å². The number of sulfonamides is 1. The van der Waals surface area contributed by atoms with E-state index in [-0.39, 0.29) is 23.3 Å². The predicted octanol–water partition coefficient (Wildman–Crippen LogP) is 1.88. The summed E-state index contributed by atoms with van der Waals surface area (Å²) < 4.78 is 38.0. The number of ether oxygens (including phenoxy) is 1. The lowest BCUT2D eigenvalue weighted by Gasteiger charge is -2.15. The third kappa shape index (κ3) is 5.48. The summed E-state index contributed by atoms with van der Waals surface area (Å²) in [6, 6.07) is 13.3. The van der Waals surface area contributed by atoms with Gasteiger partial charge in [-0.2, -0.15) is 4.72 Å². The highest BCUT2D eigenvalue weighted by Crippen LogP contribution is 2.18. The monoisotopic (exact) mass is 481 g/mol. The average molecular weight is 482 g/mol. The van der Waals surface area contributed by atoms with Crippen LogP contribution in [-0.2, 0) is 26.2 Å². The highest BCUT2D eigenvalue weighted by Gasteiger charge is 2.27. The number of esters is 1. The molecule has 11 heteroatoms. The lowest BCUT2D eigenvalue weighted by molar-refractivity contribution is -0.148. The van der Waals surface area contributed by atoms with Gasteiger partial charge in [0.15, 0.2) is 6.61 Å². The van der Waals surface area contributed by atoms with Crippen LogP contribution in [0.4, 0.5) is 0 Å². The van der Waals surface area contributed by atoms with Crippen LogP contribution in [-0.4, -0.2) is 42.3 Å². The van der Waals surface area contributed by atoms with Gasteiger partial charge in [0.2, 0.25) is 15.9 Å². The van der Waals surface area contributed by atoms with Crippen molar-refractivity contribution in [1.82, 2.24) is 14.9 Å². The van der Waals surface area contributed by atoms with Gasteiger partial charge >= 0.3 is 5.97 Å². The molecule has 2 N–H and O–H groups in total. The zero-order valence-corrected chi connectivity index (χ0v) is 17.3. The zero-order valence-electron chi connectivity index (χ0n) is 14.9. The van der Waals surface area contributed by atoms with Gasteiger partial charge < -0.3 is 14.3 Å². The molecule has 0 saturated carbocycles. The second-order valence-electron chi connectivity index (χ2n) is 5.79. The number of nitrogens with zero attached hydrogens (tertiary/aromatic N) is 2. The number of halogens is 1. The largest absolute Gasteiger partial charge is 0.454 e. The lowest BCUT2D eigenvalue weighted by atomic mass is 10.2. The molecule has 2 aromatic carbocycles. The second-order valence-corrected chi connectivity index (χ2v) is 8.41. The Balaban J connectivity index is 1.61. The van der Waals surface area contributed by atoms with Gasteiger partial charge in [-0.1, -0.05) is 34.1 Å². The summed E-state index contributed by atoms with van der Waals surface area (Å²) in [4.78, 5) is 12.1. The summed E-state index contributed by atoms with van der Waals surface area (Å²) in [7, 11) is -4.03. The van der Waals surface area contributed by atoms with Crippen LogP contribution in [0, 0.1) is 0 Å². The molecule has 0 spiro atoms. The molecule has 1 atom stereocenters. The molecule has 3 aromatic rings. The van der Waals surface area contributed by atoms with Crippen LogP contribution in [0.25, 0.3) is 11.5 Å². The summed E-state index contributed by atoms with van der Waals surface area (Å²) in [5.74, 6) is -0.691. The number of carbonyl (C=O) groups excluding carboxylic acids is 1. The molecule has 1 aromatic heterocycles. The molecule has 0 radical (unpaired) electrons. The average Bonchev–Trinajstić information content (AvgIpc) is 3.20. The fraction of sp³-hybridized carbons (Fsp3) is 0.167. The van der Waals surface area contributed by atoms with Crippen LogP contribution in [0.2, 0.25) is 0 Å². The van der Waals surface area contributed by atoms with Crippen molar-refractivity contribution in [2.45, 2.75) is 17.5 Å². The first kappa shape index (κ1) is 21.1.